The van der Waals surface area contributed by atoms with Crippen LogP contribution in [0.25, 0.3) is 0 Å². The molecule has 0 radical (unpaired) electrons. The Morgan fingerprint density at radius 1 is 1.19 bits per heavy atom. The number of carbonyl (C=O) groups is 1. The molecule has 1 aromatic carbocycles. The first-order valence-corrected chi connectivity index (χ1v) is 11.2. The molecule has 0 bridgehead atoms. The van der Waals surface area contributed by atoms with Gasteiger partial charge in [0.1, 0.15) is 6.04 Å². The molecule has 1 fully saturated rings. The van der Waals surface area contributed by atoms with Crippen LogP contribution in [0.3, 0.4) is 0 Å². The van der Waals surface area contributed by atoms with Crippen LogP contribution in [-0.4, -0.2) is 52.0 Å². The molecule has 0 amide bonds. The topological polar surface area (TPSA) is 84.5 Å². The molecular formula is C18H21ClF6N2O4S. The summed E-state index contributed by atoms with van der Waals surface area (Å²) in [4.78, 5) is 11.9. The van der Waals surface area contributed by atoms with Gasteiger partial charge in [-0.05, 0) is 62.4 Å². The smallest absolute Gasteiger partial charge is 0.434 e. The number of ether oxygens (including phenoxy) is 1. The Kier molecular flexibility index (Phi) is 8.12. The monoisotopic (exact) mass is 510 g/mol. The van der Waals surface area contributed by atoms with Gasteiger partial charge in [-0.25, -0.2) is 13.1 Å². The van der Waals surface area contributed by atoms with Crippen molar-refractivity contribution >= 4 is 27.6 Å². The van der Waals surface area contributed by atoms with Crippen molar-refractivity contribution < 1.29 is 44.3 Å². The maximum atomic E-state index is 12.6. The van der Waals surface area contributed by atoms with Gasteiger partial charge in [-0.2, -0.15) is 26.3 Å². The third-order valence-corrected chi connectivity index (χ3v) is 6.91. The largest absolute Gasteiger partial charge is 0.442 e. The average Bonchev–Trinajstić information content (AvgIpc) is 2.65. The van der Waals surface area contributed by atoms with Gasteiger partial charge in [0.15, 0.2) is 0 Å². The molecule has 2 rings (SSSR count). The van der Waals surface area contributed by atoms with Crippen molar-refractivity contribution in [1.29, 1.82) is 0 Å². The Morgan fingerprint density at radius 3 is 2.34 bits per heavy atom. The minimum absolute atomic E-state index is 0.0116. The summed E-state index contributed by atoms with van der Waals surface area (Å²) in [5, 5.41) is 2.89. The highest BCUT2D eigenvalue weighted by molar-refractivity contribution is 7.89. The maximum absolute atomic E-state index is 12.6. The second-order valence-electron chi connectivity index (χ2n) is 7.52. The molecule has 32 heavy (non-hydrogen) atoms. The lowest BCUT2D eigenvalue weighted by Crippen LogP contribution is -2.51. The summed E-state index contributed by atoms with van der Waals surface area (Å²) < 4.78 is 107. The lowest BCUT2D eigenvalue weighted by Gasteiger charge is -2.31. The summed E-state index contributed by atoms with van der Waals surface area (Å²) in [6.45, 7) is 3.08. The molecule has 0 aliphatic carbocycles. The fraction of sp³-hybridized carbons (Fsp3) is 0.611. The van der Waals surface area contributed by atoms with E-state index in [1.165, 1.54) is 12.1 Å². The Hall–Kier alpha value is -1.57. The standard InChI is InChI=1S/C18H21ClF6N2O4S/c1-9-6-14(10(2)5-12(9)19)32(29,30)27-8-11-3-4-26-13(7-11)15(28)31-16(17(20,21)22)18(23,24)25/h5-6,11,13,16,26-27H,3-4,7-8H2,1-2H3. The molecule has 6 nitrogen and oxygen atoms in total. The van der Waals surface area contributed by atoms with Gasteiger partial charge in [0.05, 0.1) is 4.90 Å². The molecule has 1 aromatic rings. The Bertz CT molecular complexity index is 938. The van der Waals surface area contributed by atoms with E-state index in [4.69, 9.17) is 11.6 Å². The van der Waals surface area contributed by atoms with Crippen LogP contribution in [0.2, 0.25) is 5.02 Å². The number of nitrogens with one attached hydrogen (secondary N) is 2. The zero-order chi connectivity index (χ0) is 24.5. The minimum Gasteiger partial charge on any atom is -0.442 e. The van der Waals surface area contributed by atoms with Gasteiger partial charge < -0.3 is 10.1 Å². The molecule has 0 spiro atoms. The quantitative estimate of drug-likeness (QED) is 0.451. The van der Waals surface area contributed by atoms with Crippen LogP contribution in [0.15, 0.2) is 17.0 Å². The van der Waals surface area contributed by atoms with E-state index in [1.54, 1.807) is 13.8 Å². The van der Waals surface area contributed by atoms with Crippen LogP contribution in [0.4, 0.5) is 26.3 Å². The number of rotatable bonds is 6. The lowest BCUT2D eigenvalue weighted by atomic mass is 9.92. The summed E-state index contributed by atoms with van der Waals surface area (Å²) >= 11 is 5.97. The highest BCUT2D eigenvalue weighted by Gasteiger charge is 2.60. The average molecular weight is 511 g/mol. The van der Waals surface area contributed by atoms with Crippen molar-refractivity contribution in [2.45, 2.75) is 56.1 Å². The predicted octanol–water partition coefficient (Wildman–Crippen LogP) is 3.64. The SMILES string of the molecule is Cc1cc(S(=O)(=O)NCC2CCNC(C(=O)OC(C(F)(F)F)C(F)(F)F)C2)c(C)cc1Cl. The second-order valence-corrected chi connectivity index (χ2v) is 9.66. The summed E-state index contributed by atoms with van der Waals surface area (Å²) in [5.74, 6) is -2.23. The van der Waals surface area contributed by atoms with Crippen LogP contribution >= 0.6 is 11.6 Å². The molecule has 2 atom stereocenters. The number of piperidine rings is 1. The van der Waals surface area contributed by atoms with Gasteiger partial charge in [-0.3, -0.25) is 4.79 Å². The van der Waals surface area contributed by atoms with E-state index in [9.17, 15) is 39.6 Å². The Labute approximate surface area is 185 Å². The fourth-order valence-corrected chi connectivity index (χ4v) is 4.87. The molecule has 2 N–H and O–H groups in total. The van der Waals surface area contributed by atoms with Crippen molar-refractivity contribution in [3.63, 3.8) is 0 Å². The molecule has 182 valence electrons. The van der Waals surface area contributed by atoms with Crippen LogP contribution < -0.4 is 10.0 Å². The van der Waals surface area contributed by atoms with Crippen LogP contribution in [0, 0.1) is 19.8 Å². The number of sulfonamides is 1. The van der Waals surface area contributed by atoms with E-state index in [2.05, 4.69) is 14.8 Å². The van der Waals surface area contributed by atoms with Crippen molar-refractivity contribution in [3.8, 4) is 0 Å². The molecule has 1 aliphatic rings. The Morgan fingerprint density at radius 2 is 1.78 bits per heavy atom. The summed E-state index contributed by atoms with van der Waals surface area (Å²) in [6, 6.07) is 1.43. The number of aryl methyl sites for hydroxylation is 2. The maximum Gasteiger partial charge on any atom is 0.434 e. The van der Waals surface area contributed by atoms with Crippen LogP contribution in [0.1, 0.15) is 24.0 Å². The second kappa shape index (κ2) is 9.74. The molecule has 0 aromatic heterocycles. The zero-order valence-electron chi connectivity index (χ0n) is 16.9. The molecule has 1 aliphatic heterocycles. The van der Waals surface area contributed by atoms with E-state index in [0.717, 1.165) is 0 Å². The number of esters is 1. The lowest BCUT2D eigenvalue weighted by molar-refractivity contribution is -0.314. The van der Waals surface area contributed by atoms with Crippen molar-refractivity contribution in [3.05, 3.63) is 28.3 Å². The molecule has 1 saturated heterocycles. The molecule has 0 saturated carbocycles. The number of hydrogen-bond donors (Lipinski definition) is 2. The first kappa shape index (κ1) is 26.7. The van der Waals surface area contributed by atoms with Crippen LogP contribution in [0.5, 0.6) is 0 Å². The summed E-state index contributed by atoms with van der Waals surface area (Å²) in [6.07, 6.45) is -15.7. The minimum atomic E-state index is -5.81. The van der Waals surface area contributed by atoms with E-state index in [-0.39, 0.29) is 24.4 Å². The van der Waals surface area contributed by atoms with E-state index in [0.29, 0.717) is 22.6 Å². The number of hydrogen-bond acceptors (Lipinski definition) is 5. The van der Waals surface area contributed by atoms with Gasteiger partial charge in [0, 0.05) is 11.6 Å². The van der Waals surface area contributed by atoms with E-state index >= 15 is 0 Å². The first-order valence-electron chi connectivity index (χ1n) is 9.36. The summed E-state index contributed by atoms with van der Waals surface area (Å²) in [7, 11) is -3.97. The highest BCUT2D eigenvalue weighted by Crippen LogP contribution is 2.36. The van der Waals surface area contributed by atoms with Crippen molar-refractivity contribution in [2.75, 3.05) is 13.1 Å². The summed E-state index contributed by atoms with van der Waals surface area (Å²) in [5.41, 5.74) is 0.927. The number of alkyl halides is 6. The van der Waals surface area contributed by atoms with Crippen molar-refractivity contribution in [1.82, 2.24) is 10.0 Å². The highest BCUT2D eigenvalue weighted by atomic mass is 35.5. The number of benzene rings is 1. The van der Waals surface area contributed by atoms with E-state index < -0.39 is 46.4 Å². The van der Waals surface area contributed by atoms with Gasteiger partial charge in [-0.15, -0.1) is 0 Å². The molecule has 1 heterocycles. The van der Waals surface area contributed by atoms with Gasteiger partial charge >= 0.3 is 18.3 Å². The normalized spacial score (nSPS) is 20.4. The van der Waals surface area contributed by atoms with E-state index in [1.807, 2.05) is 0 Å². The van der Waals surface area contributed by atoms with Crippen LogP contribution in [-0.2, 0) is 19.6 Å². The molecule has 2 unspecified atom stereocenters. The fourth-order valence-electron chi connectivity index (χ4n) is 3.23. The molecular weight excluding hydrogens is 490 g/mol. The van der Waals surface area contributed by atoms with Crippen molar-refractivity contribution in [2.24, 2.45) is 5.92 Å². The third-order valence-electron chi connectivity index (χ3n) is 4.93. The van der Waals surface area contributed by atoms with Gasteiger partial charge in [-0.1, -0.05) is 11.6 Å². The number of carbonyl (C=O) groups excluding carboxylic acids is 1. The first-order chi connectivity index (χ1) is 14.5. The number of halogens is 7. The third kappa shape index (κ3) is 6.72. The predicted molar refractivity (Wildman–Crippen MR) is 103 cm³/mol. The zero-order valence-corrected chi connectivity index (χ0v) is 18.5. The Balaban J connectivity index is 2.04. The van der Waals surface area contributed by atoms with Gasteiger partial charge in [0.25, 0.3) is 6.10 Å². The van der Waals surface area contributed by atoms with Gasteiger partial charge in [0.2, 0.25) is 10.0 Å². The molecule has 14 heteroatoms.